The Balaban J connectivity index is 1.57. The van der Waals surface area contributed by atoms with Gasteiger partial charge in [-0.25, -0.2) is 0 Å². The third-order valence-electron chi connectivity index (χ3n) is 7.69. The van der Waals surface area contributed by atoms with Crippen molar-refractivity contribution in [2.75, 3.05) is 14.2 Å². The molecule has 6 saturated carbocycles. The summed E-state index contributed by atoms with van der Waals surface area (Å²) >= 11 is 0. The van der Waals surface area contributed by atoms with E-state index in [1.807, 2.05) is 0 Å². The number of esters is 2. The lowest BCUT2D eigenvalue weighted by molar-refractivity contribution is -0.526. The molecule has 0 aliphatic heterocycles. The van der Waals surface area contributed by atoms with Gasteiger partial charge in [0.05, 0.1) is 26.1 Å². The Bertz CT molecular complexity index is 506. The van der Waals surface area contributed by atoms with Crippen molar-refractivity contribution < 1.29 is 19.1 Å². The van der Waals surface area contributed by atoms with Crippen molar-refractivity contribution in [2.24, 2.45) is 58.7 Å². The Kier molecular flexibility index (Phi) is 1.52. The quantitative estimate of drug-likeness (QED) is 0.695. The van der Waals surface area contributed by atoms with E-state index in [9.17, 15) is 9.59 Å². The highest BCUT2D eigenvalue weighted by Crippen LogP contribution is 2.98. The fraction of sp³-hybridized carbons (Fsp3) is 0.867. The van der Waals surface area contributed by atoms with Gasteiger partial charge in [0.2, 0.25) is 0 Å². The smallest absolute Gasteiger partial charge is 0.309 e. The van der Waals surface area contributed by atoms with Crippen molar-refractivity contribution in [2.45, 2.75) is 6.92 Å². The molecule has 0 aromatic carbocycles. The van der Waals surface area contributed by atoms with Crippen LogP contribution in [0.4, 0.5) is 0 Å². The van der Waals surface area contributed by atoms with Crippen LogP contribution < -0.4 is 0 Å². The predicted molar refractivity (Wildman–Crippen MR) is 63.5 cm³/mol. The molecule has 102 valence electrons. The first-order chi connectivity index (χ1) is 9.08. The zero-order valence-electron chi connectivity index (χ0n) is 11.3. The maximum absolute atomic E-state index is 12.2. The first kappa shape index (κ1) is 10.7. The number of ether oxygens (including phenoxy) is 2. The van der Waals surface area contributed by atoms with Crippen LogP contribution in [0.2, 0.25) is 0 Å². The Morgan fingerprint density at radius 3 is 1.68 bits per heavy atom. The van der Waals surface area contributed by atoms with Gasteiger partial charge in [0.15, 0.2) is 0 Å². The molecular weight excluding hydrogens is 244 g/mol. The van der Waals surface area contributed by atoms with Gasteiger partial charge in [-0.15, -0.1) is 0 Å². The lowest BCUT2D eigenvalue weighted by atomic mass is 9.04. The minimum Gasteiger partial charge on any atom is -0.469 e. The molecule has 6 fully saturated rings. The second-order valence-corrected chi connectivity index (χ2v) is 7.35. The molecule has 19 heavy (non-hydrogen) atoms. The second kappa shape index (κ2) is 2.70. The molecule has 0 N–H and O–H groups in total. The lowest BCUT2D eigenvalue weighted by Gasteiger charge is -2.99. The van der Waals surface area contributed by atoms with Crippen LogP contribution in [-0.2, 0) is 19.1 Å². The molecule has 6 aliphatic rings. The Morgan fingerprint density at radius 1 is 0.789 bits per heavy atom. The van der Waals surface area contributed by atoms with Gasteiger partial charge in [0.1, 0.15) is 0 Å². The van der Waals surface area contributed by atoms with Crippen molar-refractivity contribution in [3.63, 3.8) is 0 Å². The molecule has 0 amide bonds. The molecule has 0 heterocycles. The van der Waals surface area contributed by atoms with Gasteiger partial charge in [-0.05, 0) is 46.8 Å². The van der Waals surface area contributed by atoms with Crippen LogP contribution in [0.25, 0.3) is 0 Å². The summed E-state index contributed by atoms with van der Waals surface area (Å²) in [5, 5.41) is 0. The third-order valence-corrected chi connectivity index (χ3v) is 7.69. The first-order valence-corrected chi connectivity index (χ1v) is 7.24. The van der Waals surface area contributed by atoms with Crippen LogP contribution in [0.15, 0.2) is 0 Å². The maximum atomic E-state index is 12.2. The molecule has 4 heteroatoms. The Labute approximate surface area is 111 Å². The predicted octanol–water partition coefficient (Wildman–Crippen LogP) is 0.952. The molecule has 4 nitrogen and oxygen atoms in total. The van der Waals surface area contributed by atoms with E-state index in [1.54, 1.807) is 0 Å². The van der Waals surface area contributed by atoms with Crippen molar-refractivity contribution in [1.82, 2.24) is 0 Å². The molecule has 6 unspecified atom stereocenters. The zero-order valence-corrected chi connectivity index (χ0v) is 11.3. The molecular formula is C15H18O4. The van der Waals surface area contributed by atoms with Crippen LogP contribution in [-0.4, -0.2) is 26.2 Å². The van der Waals surface area contributed by atoms with Crippen LogP contribution in [0.1, 0.15) is 6.92 Å². The summed E-state index contributed by atoms with van der Waals surface area (Å²) in [5.74, 6) is 3.57. The highest BCUT2D eigenvalue weighted by Gasteiger charge is 2.97. The number of carbonyl (C=O) groups excluding carboxylic acids is 2. The average Bonchev–Trinajstić information content (AvgIpc) is 2.42. The maximum Gasteiger partial charge on any atom is 0.309 e. The topological polar surface area (TPSA) is 52.6 Å². The van der Waals surface area contributed by atoms with Crippen molar-refractivity contribution in [1.29, 1.82) is 0 Å². The Hall–Kier alpha value is -1.06. The highest BCUT2D eigenvalue weighted by atomic mass is 16.5. The molecule has 6 rings (SSSR count). The average molecular weight is 262 g/mol. The van der Waals surface area contributed by atoms with Crippen LogP contribution >= 0.6 is 0 Å². The zero-order chi connectivity index (χ0) is 13.3. The number of hydrogen-bond donors (Lipinski definition) is 0. The van der Waals surface area contributed by atoms with Crippen LogP contribution in [0.5, 0.6) is 0 Å². The largest absolute Gasteiger partial charge is 0.469 e. The summed E-state index contributed by atoms with van der Waals surface area (Å²) in [4.78, 5) is 24.3. The monoisotopic (exact) mass is 262 g/mol. The van der Waals surface area contributed by atoms with Gasteiger partial charge >= 0.3 is 11.9 Å². The van der Waals surface area contributed by atoms with Crippen molar-refractivity contribution >= 4 is 11.9 Å². The van der Waals surface area contributed by atoms with Gasteiger partial charge in [-0.3, -0.25) is 9.59 Å². The highest BCUT2D eigenvalue weighted by molar-refractivity contribution is 5.84. The SMILES string of the molecule is COC(=O)C1C(C(=O)OC)C2C3C4C1C1C2C3(C)C41. The van der Waals surface area contributed by atoms with E-state index >= 15 is 0 Å². The van der Waals surface area contributed by atoms with E-state index in [4.69, 9.17) is 9.47 Å². The van der Waals surface area contributed by atoms with Gasteiger partial charge in [0.25, 0.3) is 0 Å². The molecule has 0 spiro atoms. The van der Waals surface area contributed by atoms with E-state index in [0.717, 1.165) is 5.92 Å². The van der Waals surface area contributed by atoms with Gasteiger partial charge in [0, 0.05) is 0 Å². The van der Waals surface area contributed by atoms with Crippen LogP contribution in [0.3, 0.4) is 0 Å². The molecule has 0 aromatic heterocycles. The summed E-state index contributed by atoms with van der Waals surface area (Å²) in [6.45, 7) is 2.39. The normalized spacial score (nSPS) is 64.7. The number of hydrogen-bond acceptors (Lipinski definition) is 4. The molecule has 0 saturated heterocycles. The molecule has 0 radical (unpaired) electrons. The number of fused-ring (bicyclic) bond motifs is 1. The molecule has 6 atom stereocenters. The van der Waals surface area contributed by atoms with Gasteiger partial charge in [-0.2, -0.15) is 0 Å². The van der Waals surface area contributed by atoms with Crippen LogP contribution in [0, 0.1) is 58.7 Å². The lowest BCUT2D eigenvalue weighted by Crippen LogP contribution is -2.97. The van der Waals surface area contributed by atoms with E-state index in [2.05, 4.69) is 6.92 Å². The third kappa shape index (κ3) is 0.711. The summed E-state index contributed by atoms with van der Waals surface area (Å²) in [6, 6.07) is 0. The fourth-order valence-corrected chi connectivity index (χ4v) is 7.59. The summed E-state index contributed by atoms with van der Waals surface area (Å²) in [5.41, 5.74) is 0.518. The number of rotatable bonds is 2. The van der Waals surface area contributed by atoms with Crippen molar-refractivity contribution in [3.8, 4) is 0 Å². The van der Waals surface area contributed by atoms with Crippen molar-refractivity contribution in [3.05, 3.63) is 0 Å². The molecule has 0 aromatic rings. The Morgan fingerprint density at radius 2 is 1.21 bits per heavy atom. The van der Waals surface area contributed by atoms with E-state index in [-0.39, 0.29) is 23.8 Å². The fourth-order valence-electron chi connectivity index (χ4n) is 7.59. The van der Waals surface area contributed by atoms with Gasteiger partial charge in [-0.1, -0.05) is 6.92 Å². The second-order valence-electron chi connectivity index (χ2n) is 7.35. The standard InChI is InChI=1S/C15H18O4/c1-15-10-7-4-5(13(16)18-2)6(14(17)19-3)9(11(7)15)12(15)8(4)10/h4-12H,1-3H3. The summed E-state index contributed by atoms with van der Waals surface area (Å²) in [6.07, 6.45) is 0. The first-order valence-electron chi connectivity index (χ1n) is 7.24. The van der Waals surface area contributed by atoms with Gasteiger partial charge < -0.3 is 9.47 Å². The molecule has 6 aliphatic carbocycles. The number of carbonyl (C=O) groups is 2. The summed E-state index contributed by atoms with van der Waals surface area (Å²) in [7, 11) is 2.86. The minimum absolute atomic E-state index is 0.193. The summed E-state index contributed by atoms with van der Waals surface area (Å²) < 4.78 is 9.95. The number of methoxy groups -OCH3 is 2. The van der Waals surface area contributed by atoms with E-state index in [1.165, 1.54) is 14.2 Å². The van der Waals surface area contributed by atoms with E-state index < -0.39 is 0 Å². The minimum atomic E-state index is -0.237. The van der Waals surface area contributed by atoms with E-state index in [0.29, 0.717) is 40.9 Å². The molecule has 2 bridgehead atoms.